The molecule has 0 unspecified atom stereocenters. The van der Waals surface area contributed by atoms with Crippen molar-refractivity contribution in [2.75, 3.05) is 5.32 Å². The van der Waals surface area contributed by atoms with Gasteiger partial charge in [0, 0.05) is 5.69 Å². The van der Waals surface area contributed by atoms with Gasteiger partial charge in [-0.25, -0.2) is 18.7 Å². The summed E-state index contributed by atoms with van der Waals surface area (Å²) in [7, 11) is 0. The molecule has 4 aromatic rings. The fourth-order valence-corrected chi connectivity index (χ4v) is 3.12. The van der Waals surface area contributed by atoms with Crippen LogP contribution in [0.15, 0.2) is 55.2 Å². The third kappa shape index (κ3) is 3.52. The molecule has 29 heavy (non-hydrogen) atoms. The van der Waals surface area contributed by atoms with Crippen LogP contribution in [0.2, 0.25) is 0 Å². The van der Waals surface area contributed by atoms with E-state index in [0.29, 0.717) is 16.9 Å². The van der Waals surface area contributed by atoms with Crippen LogP contribution in [0.3, 0.4) is 0 Å². The molecule has 0 saturated heterocycles. The molecule has 0 fully saturated rings. The van der Waals surface area contributed by atoms with Crippen LogP contribution in [-0.4, -0.2) is 30.5 Å². The molecule has 4 rings (SSSR count). The summed E-state index contributed by atoms with van der Waals surface area (Å²) in [6, 6.07) is 10.5. The second kappa shape index (κ2) is 7.31. The Kier molecular flexibility index (Phi) is 4.67. The van der Waals surface area contributed by atoms with Crippen LogP contribution < -0.4 is 5.32 Å². The van der Waals surface area contributed by atoms with E-state index in [0.717, 1.165) is 16.8 Å². The third-order valence-corrected chi connectivity index (χ3v) is 4.72. The van der Waals surface area contributed by atoms with Crippen molar-refractivity contribution in [3.8, 4) is 11.4 Å². The normalized spacial score (nSPS) is 10.9. The van der Waals surface area contributed by atoms with Gasteiger partial charge in [-0.3, -0.25) is 4.79 Å². The lowest BCUT2D eigenvalue weighted by atomic mass is 10.1. The number of carbonyl (C=O) groups is 1. The molecule has 0 bridgehead atoms. The Morgan fingerprint density at radius 2 is 1.86 bits per heavy atom. The molecule has 0 aliphatic heterocycles. The van der Waals surface area contributed by atoms with Crippen LogP contribution in [0, 0.1) is 26.6 Å². The van der Waals surface area contributed by atoms with Gasteiger partial charge in [0.2, 0.25) is 0 Å². The summed E-state index contributed by atoms with van der Waals surface area (Å²) in [5, 5.41) is 11.0. The number of hydrogen-bond acceptors (Lipinski definition) is 4. The maximum atomic E-state index is 14.4. The molecule has 0 atom stereocenters. The average molecular weight is 390 g/mol. The topological polar surface area (TPSA) is 77.6 Å². The molecule has 0 aliphatic carbocycles. The monoisotopic (exact) mass is 390 g/mol. The average Bonchev–Trinajstić information content (AvgIpc) is 3.34. The van der Waals surface area contributed by atoms with Crippen molar-refractivity contribution in [2.45, 2.75) is 20.8 Å². The largest absolute Gasteiger partial charge is 0.322 e. The zero-order valence-electron chi connectivity index (χ0n) is 16.2. The highest BCUT2D eigenvalue weighted by molar-refractivity contribution is 6.05. The van der Waals surface area contributed by atoms with Crippen LogP contribution in [0.1, 0.15) is 27.2 Å². The number of halogens is 1. The predicted octanol–water partition coefficient (Wildman–Crippen LogP) is 3.77. The first-order valence-electron chi connectivity index (χ1n) is 9.02. The number of anilines is 1. The van der Waals surface area contributed by atoms with E-state index in [2.05, 4.69) is 20.5 Å². The number of nitrogens with zero attached hydrogens (tertiary/aromatic N) is 5. The maximum Gasteiger partial charge on any atom is 0.259 e. The molecule has 2 aromatic heterocycles. The van der Waals surface area contributed by atoms with Gasteiger partial charge in [0.1, 0.15) is 18.3 Å². The summed E-state index contributed by atoms with van der Waals surface area (Å²) in [6.45, 7) is 5.83. The molecule has 146 valence electrons. The Morgan fingerprint density at radius 3 is 2.59 bits per heavy atom. The van der Waals surface area contributed by atoms with Gasteiger partial charge in [-0.1, -0.05) is 12.1 Å². The number of benzene rings is 2. The van der Waals surface area contributed by atoms with Gasteiger partial charge in [-0.05, 0) is 56.2 Å². The zero-order valence-corrected chi connectivity index (χ0v) is 16.2. The molecule has 1 N–H and O–H groups in total. The minimum atomic E-state index is -0.517. The van der Waals surface area contributed by atoms with E-state index in [4.69, 9.17) is 0 Å². The Balaban J connectivity index is 1.59. The van der Waals surface area contributed by atoms with Crippen LogP contribution in [0.5, 0.6) is 0 Å². The molecule has 0 radical (unpaired) electrons. The lowest BCUT2D eigenvalue weighted by Crippen LogP contribution is -2.14. The number of hydrogen-bond donors (Lipinski definition) is 1. The minimum Gasteiger partial charge on any atom is -0.322 e. The Labute approximate surface area is 166 Å². The van der Waals surface area contributed by atoms with Crippen molar-refractivity contribution in [3.05, 3.63) is 83.5 Å². The molecule has 8 heteroatoms. The van der Waals surface area contributed by atoms with Crippen molar-refractivity contribution >= 4 is 11.6 Å². The number of amides is 1. The third-order valence-electron chi connectivity index (χ3n) is 4.72. The Hall–Kier alpha value is -3.81. The highest BCUT2D eigenvalue weighted by Gasteiger charge is 2.17. The van der Waals surface area contributed by atoms with Crippen molar-refractivity contribution in [1.29, 1.82) is 0 Å². The standard InChI is InChI=1S/C21H19FN6O/c1-13-4-5-14(2)20(8-13)28-15(3)17(10-24-28)21(29)26-16-6-7-19(18(22)9-16)27-12-23-11-25-27/h4-12H,1-3H3,(H,26,29). The molecular weight excluding hydrogens is 371 g/mol. The molecule has 0 spiro atoms. The van der Waals surface area contributed by atoms with E-state index in [-0.39, 0.29) is 11.6 Å². The quantitative estimate of drug-likeness (QED) is 0.575. The van der Waals surface area contributed by atoms with E-state index in [1.165, 1.54) is 35.7 Å². The SMILES string of the molecule is Cc1ccc(C)c(-n2ncc(C(=O)Nc3ccc(-n4cncn4)c(F)c3)c2C)c1. The first-order valence-corrected chi connectivity index (χ1v) is 9.02. The fourth-order valence-electron chi connectivity index (χ4n) is 3.12. The summed E-state index contributed by atoms with van der Waals surface area (Å²) in [6.07, 6.45) is 4.25. The predicted molar refractivity (Wildman–Crippen MR) is 107 cm³/mol. The minimum absolute atomic E-state index is 0.249. The van der Waals surface area contributed by atoms with E-state index >= 15 is 0 Å². The van der Waals surface area contributed by atoms with E-state index in [1.54, 1.807) is 10.7 Å². The molecule has 2 heterocycles. The molecule has 0 aliphatic rings. The number of nitrogens with one attached hydrogen (secondary N) is 1. The van der Waals surface area contributed by atoms with Gasteiger partial charge < -0.3 is 5.32 Å². The number of aromatic nitrogens is 5. The van der Waals surface area contributed by atoms with Gasteiger partial charge in [-0.2, -0.15) is 10.2 Å². The molecule has 2 aromatic carbocycles. The lowest BCUT2D eigenvalue weighted by Gasteiger charge is -2.10. The van der Waals surface area contributed by atoms with E-state index in [1.807, 2.05) is 39.0 Å². The highest BCUT2D eigenvalue weighted by atomic mass is 19.1. The Morgan fingerprint density at radius 1 is 1.03 bits per heavy atom. The summed E-state index contributed by atoms with van der Waals surface area (Å²) in [5.41, 5.74) is 4.80. The first kappa shape index (κ1) is 18.5. The van der Waals surface area contributed by atoms with Crippen LogP contribution in [0.4, 0.5) is 10.1 Å². The van der Waals surface area contributed by atoms with E-state index < -0.39 is 5.82 Å². The van der Waals surface area contributed by atoms with Gasteiger partial charge in [0.25, 0.3) is 5.91 Å². The smallest absolute Gasteiger partial charge is 0.259 e. The second-order valence-electron chi connectivity index (χ2n) is 6.81. The first-order chi connectivity index (χ1) is 13.9. The zero-order chi connectivity index (χ0) is 20.5. The summed E-state index contributed by atoms with van der Waals surface area (Å²) in [5.74, 6) is -0.872. The second-order valence-corrected chi connectivity index (χ2v) is 6.81. The Bertz CT molecular complexity index is 1200. The number of aryl methyl sites for hydroxylation is 2. The van der Waals surface area contributed by atoms with Gasteiger partial charge in [0.05, 0.1) is 23.1 Å². The van der Waals surface area contributed by atoms with E-state index in [9.17, 15) is 9.18 Å². The van der Waals surface area contributed by atoms with Gasteiger partial charge in [-0.15, -0.1) is 0 Å². The number of rotatable bonds is 4. The van der Waals surface area contributed by atoms with Crippen LogP contribution in [-0.2, 0) is 0 Å². The van der Waals surface area contributed by atoms with Gasteiger partial charge >= 0.3 is 0 Å². The van der Waals surface area contributed by atoms with Crippen LogP contribution in [0.25, 0.3) is 11.4 Å². The van der Waals surface area contributed by atoms with Crippen LogP contribution >= 0.6 is 0 Å². The maximum absolute atomic E-state index is 14.4. The molecular formula is C21H19FN6O. The van der Waals surface area contributed by atoms with Crippen molar-refractivity contribution in [2.24, 2.45) is 0 Å². The molecule has 1 amide bonds. The van der Waals surface area contributed by atoms with Crippen molar-refractivity contribution < 1.29 is 9.18 Å². The summed E-state index contributed by atoms with van der Waals surface area (Å²) < 4.78 is 17.5. The number of carbonyl (C=O) groups excluding carboxylic acids is 1. The highest BCUT2D eigenvalue weighted by Crippen LogP contribution is 2.21. The van der Waals surface area contributed by atoms with Crippen molar-refractivity contribution in [1.82, 2.24) is 24.5 Å². The fraction of sp³-hybridized carbons (Fsp3) is 0.143. The summed E-state index contributed by atoms with van der Waals surface area (Å²) >= 11 is 0. The van der Waals surface area contributed by atoms with Crippen molar-refractivity contribution in [3.63, 3.8) is 0 Å². The lowest BCUT2D eigenvalue weighted by molar-refractivity contribution is 0.102. The molecule has 0 saturated carbocycles. The molecule has 7 nitrogen and oxygen atoms in total. The summed E-state index contributed by atoms with van der Waals surface area (Å²) in [4.78, 5) is 16.5. The van der Waals surface area contributed by atoms with Gasteiger partial charge in [0.15, 0.2) is 5.82 Å².